The molecule has 0 saturated carbocycles. The second-order valence-electron chi connectivity index (χ2n) is 3.65. The molecule has 1 rings (SSSR count). The zero-order valence-corrected chi connectivity index (χ0v) is 8.49. The Kier molecular flexibility index (Phi) is 3.45. The molecule has 0 saturated heterocycles. The van der Waals surface area contributed by atoms with Crippen LogP contribution in [0.3, 0.4) is 0 Å². The number of rotatable bonds is 4. The van der Waals surface area contributed by atoms with E-state index in [0.717, 1.165) is 12.1 Å². The molecule has 3 N–H and O–H groups in total. The van der Waals surface area contributed by atoms with Crippen molar-refractivity contribution in [3.05, 3.63) is 18.0 Å². The van der Waals surface area contributed by atoms with Crippen LogP contribution in [-0.4, -0.2) is 15.8 Å². The first-order chi connectivity index (χ1) is 6.13. The lowest BCUT2D eigenvalue weighted by atomic mass is 10.2. The Morgan fingerprint density at radius 1 is 1.54 bits per heavy atom. The van der Waals surface area contributed by atoms with Crippen molar-refractivity contribution in [2.45, 2.75) is 39.3 Å². The third-order valence-corrected chi connectivity index (χ3v) is 1.99. The quantitative estimate of drug-likeness (QED) is 0.536. The first-order valence-corrected chi connectivity index (χ1v) is 4.63. The SMILES string of the molecule is CC(Cc1ccn(C(C)C)n1)NN. The first kappa shape index (κ1) is 10.2. The molecule has 1 aromatic rings. The van der Waals surface area contributed by atoms with E-state index in [1.165, 1.54) is 0 Å². The van der Waals surface area contributed by atoms with Crippen molar-refractivity contribution in [3.63, 3.8) is 0 Å². The topological polar surface area (TPSA) is 55.9 Å². The van der Waals surface area contributed by atoms with Crippen LogP contribution in [0, 0.1) is 0 Å². The van der Waals surface area contributed by atoms with Gasteiger partial charge in [-0.3, -0.25) is 16.0 Å². The van der Waals surface area contributed by atoms with Crippen LogP contribution in [0.2, 0.25) is 0 Å². The highest BCUT2D eigenvalue weighted by Crippen LogP contribution is 2.05. The Morgan fingerprint density at radius 3 is 2.69 bits per heavy atom. The molecule has 1 heterocycles. The fraction of sp³-hybridized carbons (Fsp3) is 0.667. The Morgan fingerprint density at radius 2 is 2.23 bits per heavy atom. The first-order valence-electron chi connectivity index (χ1n) is 4.63. The minimum absolute atomic E-state index is 0.274. The molecule has 1 unspecified atom stereocenters. The summed E-state index contributed by atoms with van der Waals surface area (Å²) >= 11 is 0. The van der Waals surface area contributed by atoms with Crippen molar-refractivity contribution >= 4 is 0 Å². The maximum absolute atomic E-state index is 5.30. The summed E-state index contributed by atoms with van der Waals surface area (Å²) < 4.78 is 1.96. The van der Waals surface area contributed by atoms with Gasteiger partial charge < -0.3 is 0 Å². The van der Waals surface area contributed by atoms with Crippen molar-refractivity contribution in [1.29, 1.82) is 0 Å². The van der Waals surface area contributed by atoms with Gasteiger partial charge >= 0.3 is 0 Å². The van der Waals surface area contributed by atoms with Crippen LogP contribution in [0.4, 0.5) is 0 Å². The Labute approximate surface area is 79.1 Å². The molecular formula is C9H18N4. The van der Waals surface area contributed by atoms with Gasteiger partial charge in [0.1, 0.15) is 0 Å². The molecule has 0 aliphatic heterocycles. The van der Waals surface area contributed by atoms with Crippen LogP contribution in [0.25, 0.3) is 0 Å². The van der Waals surface area contributed by atoms with Gasteiger partial charge in [0.25, 0.3) is 0 Å². The van der Waals surface area contributed by atoms with E-state index in [1.807, 2.05) is 23.9 Å². The van der Waals surface area contributed by atoms with E-state index < -0.39 is 0 Å². The van der Waals surface area contributed by atoms with Gasteiger partial charge in [-0.25, -0.2) is 0 Å². The van der Waals surface area contributed by atoms with Crippen LogP contribution in [-0.2, 0) is 6.42 Å². The van der Waals surface area contributed by atoms with Crippen molar-refractivity contribution in [2.75, 3.05) is 0 Å². The zero-order chi connectivity index (χ0) is 9.84. The monoisotopic (exact) mass is 182 g/mol. The molecule has 4 nitrogen and oxygen atoms in total. The van der Waals surface area contributed by atoms with Crippen LogP contribution >= 0.6 is 0 Å². The average molecular weight is 182 g/mol. The number of hydrogen-bond donors (Lipinski definition) is 2. The van der Waals surface area contributed by atoms with Crippen LogP contribution < -0.4 is 11.3 Å². The molecule has 0 aromatic carbocycles. The number of nitrogens with two attached hydrogens (primary N) is 1. The summed E-state index contributed by atoms with van der Waals surface area (Å²) in [5, 5.41) is 4.42. The lowest BCUT2D eigenvalue weighted by Gasteiger charge is -2.07. The van der Waals surface area contributed by atoms with E-state index in [4.69, 9.17) is 5.84 Å². The molecular weight excluding hydrogens is 164 g/mol. The maximum atomic E-state index is 5.30. The van der Waals surface area contributed by atoms with Gasteiger partial charge in [-0.05, 0) is 26.8 Å². The van der Waals surface area contributed by atoms with E-state index >= 15 is 0 Å². The zero-order valence-electron chi connectivity index (χ0n) is 8.49. The van der Waals surface area contributed by atoms with Gasteiger partial charge in [0.2, 0.25) is 0 Å². The van der Waals surface area contributed by atoms with E-state index in [2.05, 4.69) is 24.4 Å². The summed E-state index contributed by atoms with van der Waals surface area (Å²) in [4.78, 5) is 0. The van der Waals surface area contributed by atoms with Crippen molar-refractivity contribution in [1.82, 2.24) is 15.2 Å². The molecule has 0 aliphatic carbocycles. The van der Waals surface area contributed by atoms with Crippen LogP contribution in [0.5, 0.6) is 0 Å². The largest absolute Gasteiger partial charge is 0.271 e. The number of nitrogens with one attached hydrogen (secondary N) is 1. The molecule has 4 heteroatoms. The van der Waals surface area contributed by atoms with E-state index in [9.17, 15) is 0 Å². The molecule has 74 valence electrons. The molecule has 0 bridgehead atoms. The smallest absolute Gasteiger partial charge is 0.0640 e. The highest BCUT2D eigenvalue weighted by molar-refractivity contribution is 5.01. The lowest BCUT2D eigenvalue weighted by molar-refractivity contribution is 0.512. The van der Waals surface area contributed by atoms with Gasteiger partial charge in [-0.1, -0.05) is 0 Å². The standard InChI is InChI=1S/C9H18N4/c1-7(2)13-5-4-9(12-13)6-8(3)11-10/h4-5,7-8,11H,6,10H2,1-3H3. The normalized spacial score (nSPS) is 13.6. The van der Waals surface area contributed by atoms with Gasteiger partial charge in [0.15, 0.2) is 0 Å². The van der Waals surface area contributed by atoms with Crippen LogP contribution in [0.15, 0.2) is 12.3 Å². The molecule has 0 amide bonds. The van der Waals surface area contributed by atoms with Crippen molar-refractivity contribution in [3.8, 4) is 0 Å². The average Bonchev–Trinajstić information content (AvgIpc) is 2.52. The minimum atomic E-state index is 0.274. The van der Waals surface area contributed by atoms with Crippen LogP contribution in [0.1, 0.15) is 32.5 Å². The van der Waals surface area contributed by atoms with Gasteiger partial charge in [-0.2, -0.15) is 5.10 Å². The van der Waals surface area contributed by atoms with E-state index in [0.29, 0.717) is 6.04 Å². The Balaban J connectivity index is 2.58. The number of nitrogens with zero attached hydrogens (tertiary/aromatic N) is 2. The Bertz CT molecular complexity index is 254. The number of aromatic nitrogens is 2. The lowest BCUT2D eigenvalue weighted by Crippen LogP contribution is -2.34. The summed E-state index contributed by atoms with van der Waals surface area (Å²) in [7, 11) is 0. The van der Waals surface area contributed by atoms with Crippen molar-refractivity contribution < 1.29 is 0 Å². The molecule has 0 fully saturated rings. The number of hydrogen-bond acceptors (Lipinski definition) is 3. The molecule has 0 spiro atoms. The van der Waals surface area contributed by atoms with E-state index in [1.54, 1.807) is 0 Å². The number of hydrazine groups is 1. The maximum Gasteiger partial charge on any atom is 0.0640 e. The molecule has 13 heavy (non-hydrogen) atoms. The summed E-state index contributed by atoms with van der Waals surface area (Å²) in [6, 6.07) is 2.74. The van der Waals surface area contributed by atoms with Crippen molar-refractivity contribution in [2.24, 2.45) is 5.84 Å². The molecule has 1 atom stereocenters. The molecule has 0 aliphatic rings. The fourth-order valence-corrected chi connectivity index (χ4v) is 1.15. The second-order valence-corrected chi connectivity index (χ2v) is 3.65. The predicted molar refractivity (Wildman–Crippen MR) is 53.1 cm³/mol. The molecule has 0 radical (unpaired) electrons. The summed E-state index contributed by atoms with van der Waals surface area (Å²) in [5.41, 5.74) is 3.79. The second kappa shape index (κ2) is 4.39. The highest BCUT2D eigenvalue weighted by Gasteiger charge is 2.05. The third kappa shape index (κ3) is 2.82. The highest BCUT2D eigenvalue weighted by atomic mass is 15.3. The Hall–Kier alpha value is -0.870. The van der Waals surface area contributed by atoms with Gasteiger partial charge in [0.05, 0.1) is 5.69 Å². The molecule has 1 aromatic heterocycles. The van der Waals surface area contributed by atoms with Gasteiger partial charge in [-0.15, -0.1) is 0 Å². The minimum Gasteiger partial charge on any atom is -0.271 e. The third-order valence-electron chi connectivity index (χ3n) is 1.99. The fourth-order valence-electron chi connectivity index (χ4n) is 1.15. The summed E-state index contributed by atoms with van der Waals surface area (Å²) in [6.45, 7) is 6.26. The van der Waals surface area contributed by atoms with Gasteiger partial charge in [0, 0.05) is 24.7 Å². The van der Waals surface area contributed by atoms with E-state index in [-0.39, 0.29) is 6.04 Å². The summed E-state index contributed by atoms with van der Waals surface area (Å²) in [6.07, 6.45) is 2.87. The summed E-state index contributed by atoms with van der Waals surface area (Å²) in [5.74, 6) is 5.30. The predicted octanol–water partition coefficient (Wildman–Crippen LogP) is 0.858.